The Kier molecular flexibility index (Phi) is 13.7. The number of hydrogen-bond donors (Lipinski definition) is 1. The number of allylic oxidation sites excluding steroid dienone is 2. The second-order valence-electron chi connectivity index (χ2n) is 14.2. The Morgan fingerprint density at radius 2 is 0.893 bits per heavy atom. The molecule has 0 bridgehead atoms. The number of aryl methyl sites for hydroxylation is 2. The molecule has 0 aliphatic heterocycles. The zero-order valence-electron chi connectivity index (χ0n) is 31.8. The monoisotopic (exact) mass is 745 g/mol. The molecule has 2 fully saturated rings. The molecular weight excluding hydrogens is 703 g/mol. The number of Topliss-reactive ketones (excluding diaryl/α,β-unsaturated/α-hetero) is 2. The van der Waals surface area contributed by atoms with E-state index in [1.807, 2.05) is 67.6 Å². The Morgan fingerprint density at radius 3 is 1.18 bits per heavy atom. The lowest BCUT2D eigenvalue weighted by Gasteiger charge is -2.30. The number of nitrogens with zero attached hydrogens (tertiary/aromatic N) is 7. The van der Waals surface area contributed by atoms with Gasteiger partial charge in [-0.15, -0.1) is 0 Å². The van der Waals surface area contributed by atoms with Crippen molar-refractivity contribution >= 4 is 53.2 Å². The average molecular weight is 746 g/mol. The minimum atomic E-state index is -0.910. The molecule has 1 N–H and O–H groups in total. The maximum Gasteiger partial charge on any atom is 0.307 e. The van der Waals surface area contributed by atoms with Gasteiger partial charge in [0, 0.05) is 49.5 Å². The summed E-state index contributed by atoms with van der Waals surface area (Å²) in [6.07, 6.45) is 9.31. The van der Waals surface area contributed by atoms with E-state index in [2.05, 4.69) is 58.1 Å². The Morgan fingerprint density at radius 1 is 0.589 bits per heavy atom. The van der Waals surface area contributed by atoms with Crippen molar-refractivity contribution in [1.82, 2.24) is 4.90 Å². The number of carboxylic acid groups (broad SMARTS) is 1. The van der Waals surface area contributed by atoms with E-state index in [1.54, 1.807) is 48.6 Å². The first kappa shape index (κ1) is 40.4. The molecule has 4 aromatic carbocycles. The van der Waals surface area contributed by atoms with Crippen LogP contribution in [0.2, 0.25) is 0 Å². The van der Waals surface area contributed by atoms with Crippen LogP contribution in [0.4, 0.5) is 11.4 Å². The van der Waals surface area contributed by atoms with Gasteiger partial charge in [-0.25, -0.2) is 0 Å². The molecule has 6 rings (SSSR count). The van der Waals surface area contributed by atoms with Gasteiger partial charge in [0.05, 0.1) is 5.92 Å². The maximum absolute atomic E-state index is 13.1. The van der Waals surface area contributed by atoms with E-state index in [-0.39, 0.29) is 30.4 Å². The minimum Gasteiger partial charge on any atom is -0.481 e. The molecule has 11 heteroatoms. The third kappa shape index (κ3) is 11.1. The van der Waals surface area contributed by atoms with Crippen LogP contribution in [0.25, 0.3) is 45.2 Å². The highest BCUT2D eigenvalue weighted by atomic mass is 16.4. The van der Waals surface area contributed by atoms with Crippen LogP contribution in [0.5, 0.6) is 0 Å². The van der Waals surface area contributed by atoms with Gasteiger partial charge in [-0.05, 0) is 111 Å². The highest BCUT2D eigenvalue weighted by Crippen LogP contribution is 2.34. The predicted octanol–water partition coefficient (Wildman–Crippen LogP) is 11.2. The molecule has 0 radical (unpaired) electrons. The Labute approximate surface area is 326 Å². The van der Waals surface area contributed by atoms with Gasteiger partial charge in [-0.2, -0.15) is 0 Å². The Balaban J connectivity index is 0.000000214. The molecule has 11 nitrogen and oxygen atoms in total. The molecule has 56 heavy (non-hydrogen) atoms. The summed E-state index contributed by atoms with van der Waals surface area (Å²) in [7, 11) is 4.10. The Hall–Kier alpha value is -6.77. The van der Waals surface area contributed by atoms with Crippen LogP contribution >= 0.6 is 0 Å². The number of hydrogen-bond acceptors (Lipinski definition) is 6. The summed E-state index contributed by atoms with van der Waals surface area (Å²) >= 11 is 0. The zero-order chi connectivity index (χ0) is 40.2. The fourth-order valence-corrected chi connectivity index (χ4v) is 6.51. The number of rotatable bonds is 8. The van der Waals surface area contributed by atoms with Gasteiger partial charge in [0.15, 0.2) is 11.6 Å². The third-order valence-electron chi connectivity index (χ3n) is 9.71. The van der Waals surface area contributed by atoms with Crippen LogP contribution in [0.3, 0.4) is 0 Å². The smallest absolute Gasteiger partial charge is 0.307 e. The standard InChI is InChI=1S/C23H24N4O.C22H19N3O3/c1-16-4-6-17(7-5-16)12-19-14-22(27(2)3)15-20(23(19)28)13-18-8-10-21(11-9-18)25-26-24;1-14-2-4-15(5-3-14)10-17-12-19(22(27)28)13-18(21(17)26)11-16-6-8-20(9-7-16)24-25-23/h4-13,22H,14-15H2,1-3H3;2-11,19H,12-13H2,1H3,(H,27,28)/b19-12+,20-13+;17-10+,18-11+. The lowest BCUT2D eigenvalue weighted by molar-refractivity contribution is -0.142. The lowest BCUT2D eigenvalue weighted by Crippen LogP contribution is -2.34. The molecule has 0 heterocycles. The fourth-order valence-electron chi connectivity index (χ4n) is 6.51. The molecule has 282 valence electrons. The van der Waals surface area contributed by atoms with Crippen LogP contribution < -0.4 is 0 Å². The van der Waals surface area contributed by atoms with Gasteiger partial charge in [0.2, 0.25) is 0 Å². The third-order valence-corrected chi connectivity index (χ3v) is 9.71. The molecular formula is C45H43N7O4. The van der Waals surface area contributed by atoms with E-state index >= 15 is 0 Å². The van der Waals surface area contributed by atoms with E-state index in [0.29, 0.717) is 22.5 Å². The van der Waals surface area contributed by atoms with Crippen molar-refractivity contribution in [2.75, 3.05) is 14.1 Å². The van der Waals surface area contributed by atoms with Crippen LogP contribution in [0.1, 0.15) is 59.1 Å². The van der Waals surface area contributed by atoms with E-state index in [4.69, 9.17) is 11.1 Å². The van der Waals surface area contributed by atoms with Crippen LogP contribution in [0.15, 0.2) is 130 Å². The summed E-state index contributed by atoms with van der Waals surface area (Å²) in [5, 5.41) is 16.6. The number of carbonyl (C=O) groups excluding carboxylic acids is 2. The molecule has 0 aromatic heterocycles. The first-order valence-corrected chi connectivity index (χ1v) is 18.2. The van der Waals surface area contributed by atoms with Gasteiger partial charge < -0.3 is 10.0 Å². The van der Waals surface area contributed by atoms with Crippen molar-refractivity contribution in [2.45, 2.75) is 45.6 Å². The zero-order valence-corrected chi connectivity index (χ0v) is 31.8. The van der Waals surface area contributed by atoms with Crippen molar-refractivity contribution in [1.29, 1.82) is 0 Å². The number of benzene rings is 4. The van der Waals surface area contributed by atoms with Crippen molar-refractivity contribution in [3.05, 3.63) is 174 Å². The average Bonchev–Trinajstić information content (AvgIpc) is 3.18. The van der Waals surface area contributed by atoms with Crippen LogP contribution in [-0.2, 0) is 14.4 Å². The molecule has 0 spiro atoms. The summed E-state index contributed by atoms with van der Waals surface area (Å²) in [6, 6.07) is 30.3. The SMILES string of the molecule is Cc1ccc(/C=C2\CC(C(=O)O)C/C(=C\c3ccc(N=[N+]=[N-])cc3)C2=O)cc1.Cc1ccc(/C=C2\CC(N(C)C)C/C(=C\c3ccc(N=[N+]=[N-])cc3)C2=O)cc1. The number of carbonyl (C=O) groups is 3. The molecule has 4 aromatic rings. The van der Waals surface area contributed by atoms with Gasteiger partial charge in [0.1, 0.15) is 0 Å². The molecule has 0 amide bonds. The van der Waals surface area contributed by atoms with Gasteiger partial charge in [-0.1, -0.05) is 118 Å². The van der Waals surface area contributed by atoms with Crippen molar-refractivity contribution in [3.8, 4) is 0 Å². The van der Waals surface area contributed by atoms with Crippen LogP contribution in [0, 0.1) is 19.8 Å². The maximum atomic E-state index is 13.1. The van der Waals surface area contributed by atoms with E-state index in [9.17, 15) is 19.5 Å². The van der Waals surface area contributed by atoms with Gasteiger partial charge in [-0.3, -0.25) is 14.4 Å². The normalized spacial score (nSPS) is 19.7. The summed E-state index contributed by atoms with van der Waals surface area (Å²) in [4.78, 5) is 45.4. The lowest BCUT2D eigenvalue weighted by atomic mass is 9.80. The molecule has 0 saturated heterocycles. The van der Waals surface area contributed by atoms with Gasteiger partial charge >= 0.3 is 5.97 Å². The molecule has 2 aliphatic carbocycles. The number of carboxylic acids is 1. The van der Waals surface area contributed by atoms with Crippen molar-refractivity contribution in [3.63, 3.8) is 0 Å². The fraction of sp³-hybridized carbons (Fsp3) is 0.222. The minimum absolute atomic E-state index is 0.109. The largest absolute Gasteiger partial charge is 0.481 e. The van der Waals surface area contributed by atoms with E-state index < -0.39 is 11.9 Å². The quantitative estimate of drug-likeness (QED) is 0.0816. The van der Waals surface area contributed by atoms with Gasteiger partial charge in [0.25, 0.3) is 0 Å². The van der Waals surface area contributed by atoms with Crippen molar-refractivity contribution < 1.29 is 19.5 Å². The number of aliphatic carboxylic acids is 1. The summed E-state index contributed by atoms with van der Waals surface area (Å²) in [5.41, 5.74) is 26.6. The molecule has 2 unspecified atom stereocenters. The topological polar surface area (TPSA) is 172 Å². The van der Waals surface area contributed by atoms with E-state index in [1.165, 1.54) is 5.56 Å². The number of azide groups is 2. The molecule has 2 saturated carbocycles. The first-order chi connectivity index (χ1) is 26.9. The first-order valence-electron chi connectivity index (χ1n) is 18.2. The Bertz CT molecular complexity index is 2310. The van der Waals surface area contributed by atoms with Crippen LogP contribution in [-0.4, -0.2) is 47.7 Å². The molecule has 2 atom stereocenters. The second-order valence-corrected chi connectivity index (χ2v) is 14.2. The highest BCUT2D eigenvalue weighted by molar-refractivity contribution is 6.15. The molecule has 2 aliphatic rings. The van der Waals surface area contributed by atoms with E-state index in [0.717, 1.165) is 51.8 Å². The highest BCUT2D eigenvalue weighted by Gasteiger charge is 2.32. The predicted molar refractivity (Wildman–Crippen MR) is 222 cm³/mol. The second kappa shape index (κ2) is 19.0. The van der Waals surface area contributed by atoms with Crippen molar-refractivity contribution in [2.24, 2.45) is 16.1 Å². The summed E-state index contributed by atoms with van der Waals surface area (Å²) in [5.74, 6) is -1.56. The summed E-state index contributed by atoms with van der Waals surface area (Å²) < 4.78 is 0. The summed E-state index contributed by atoms with van der Waals surface area (Å²) in [6.45, 7) is 4.04. The number of ketones is 2.